The molecule has 0 saturated carbocycles. The summed E-state index contributed by atoms with van der Waals surface area (Å²) < 4.78 is 11.2. The van der Waals surface area contributed by atoms with E-state index in [0.29, 0.717) is 24.1 Å². The standard InChI is InChI=1S/C23H22N4O3S/c1-16-7-9-19(10-8-16)29-14-21-26-27-23(30-21)31-15-20(28)24-13-11-18-5-2-4-17-6-3-12-25-22(17)18/h2-10,12H,11,13-15H2,1H3,(H,24,28). The minimum Gasteiger partial charge on any atom is -0.484 e. The number of benzene rings is 2. The van der Waals surface area contributed by atoms with Gasteiger partial charge in [-0.2, -0.15) is 0 Å². The first-order valence-electron chi connectivity index (χ1n) is 9.91. The summed E-state index contributed by atoms with van der Waals surface area (Å²) in [5.74, 6) is 1.22. The largest absolute Gasteiger partial charge is 0.484 e. The Morgan fingerprint density at radius 2 is 1.94 bits per heavy atom. The molecule has 1 amide bonds. The summed E-state index contributed by atoms with van der Waals surface area (Å²) in [6, 6.07) is 17.8. The van der Waals surface area contributed by atoms with Gasteiger partial charge in [0.15, 0.2) is 6.61 Å². The molecular weight excluding hydrogens is 412 g/mol. The van der Waals surface area contributed by atoms with Crippen LogP contribution in [-0.4, -0.2) is 33.4 Å². The van der Waals surface area contributed by atoms with Gasteiger partial charge in [-0.15, -0.1) is 10.2 Å². The van der Waals surface area contributed by atoms with E-state index in [1.807, 2.05) is 61.5 Å². The number of carbonyl (C=O) groups is 1. The molecular formula is C23H22N4O3S. The van der Waals surface area contributed by atoms with Crippen molar-refractivity contribution in [2.75, 3.05) is 12.3 Å². The Balaban J connectivity index is 1.20. The number of hydrogen-bond donors (Lipinski definition) is 1. The lowest BCUT2D eigenvalue weighted by Gasteiger charge is -2.07. The first kappa shape index (κ1) is 20.9. The Labute approximate surface area is 184 Å². The highest BCUT2D eigenvalue weighted by Gasteiger charge is 2.10. The van der Waals surface area contributed by atoms with Crippen LogP contribution in [0.15, 0.2) is 70.4 Å². The Kier molecular flexibility index (Phi) is 6.78. The summed E-state index contributed by atoms with van der Waals surface area (Å²) in [6.07, 6.45) is 2.50. The van der Waals surface area contributed by atoms with E-state index in [1.54, 1.807) is 6.20 Å². The third-order valence-electron chi connectivity index (χ3n) is 4.59. The fourth-order valence-electron chi connectivity index (χ4n) is 3.02. The number of pyridine rings is 1. The van der Waals surface area contributed by atoms with Crippen molar-refractivity contribution in [1.29, 1.82) is 0 Å². The number of para-hydroxylation sites is 1. The Morgan fingerprint density at radius 1 is 1.10 bits per heavy atom. The molecule has 1 N–H and O–H groups in total. The average Bonchev–Trinajstić information content (AvgIpc) is 3.25. The van der Waals surface area contributed by atoms with Crippen LogP contribution in [0, 0.1) is 6.92 Å². The van der Waals surface area contributed by atoms with Crippen LogP contribution >= 0.6 is 11.8 Å². The van der Waals surface area contributed by atoms with Crippen molar-refractivity contribution in [3.8, 4) is 5.75 Å². The maximum Gasteiger partial charge on any atom is 0.277 e. The summed E-state index contributed by atoms with van der Waals surface area (Å²) >= 11 is 1.20. The minimum absolute atomic E-state index is 0.0890. The Morgan fingerprint density at radius 3 is 2.81 bits per heavy atom. The zero-order valence-corrected chi connectivity index (χ0v) is 17.9. The van der Waals surface area contributed by atoms with Gasteiger partial charge in [0.25, 0.3) is 11.1 Å². The van der Waals surface area contributed by atoms with Crippen LogP contribution in [0.25, 0.3) is 10.9 Å². The average molecular weight is 435 g/mol. The number of nitrogens with one attached hydrogen (secondary N) is 1. The number of aryl methyl sites for hydroxylation is 1. The number of nitrogens with zero attached hydrogens (tertiary/aromatic N) is 3. The second kappa shape index (κ2) is 10.1. The van der Waals surface area contributed by atoms with Gasteiger partial charge < -0.3 is 14.5 Å². The monoisotopic (exact) mass is 434 g/mol. The zero-order chi connectivity index (χ0) is 21.5. The van der Waals surface area contributed by atoms with Crippen LogP contribution in [0.2, 0.25) is 0 Å². The van der Waals surface area contributed by atoms with Gasteiger partial charge in [0.05, 0.1) is 11.3 Å². The summed E-state index contributed by atoms with van der Waals surface area (Å²) in [5.41, 5.74) is 3.25. The minimum atomic E-state index is -0.0890. The van der Waals surface area contributed by atoms with E-state index in [4.69, 9.17) is 9.15 Å². The molecule has 0 spiro atoms. The molecule has 7 nitrogen and oxygen atoms in total. The lowest BCUT2D eigenvalue weighted by atomic mass is 10.1. The maximum absolute atomic E-state index is 12.2. The molecule has 31 heavy (non-hydrogen) atoms. The highest BCUT2D eigenvalue weighted by atomic mass is 32.2. The first-order chi connectivity index (χ1) is 15.2. The molecule has 2 heterocycles. The van der Waals surface area contributed by atoms with Crippen LogP contribution in [-0.2, 0) is 17.8 Å². The molecule has 0 aliphatic heterocycles. The summed E-state index contributed by atoms with van der Waals surface area (Å²) in [5, 5.41) is 12.3. The normalized spacial score (nSPS) is 10.9. The number of thioether (sulfide) groups is 1. The second-order valence-electron chi connectivity index (χ2n) is 6.94. The number of hydrogen-bond acceptors (Lipinski definition) is 7. The van der Waals surface area contributed by atoms with Gasteiger partial charge in [0.2, 0.25) is 5.91 Å². The molecule has 2 aromatic carbocycles. The highest BCUT2D eigenvalue weighted by Crippen LogP contribution is 2.18. The van der Waals surface area contributed by atoms with Gasteiger partial charge in [-0.1, -0.05) is 53.7 Å². The first-order valence-corrected chi connectivity index (χ1v) is 10.9. The highest BCUT2D eigenvalue weighted by molar-refractivity contribution is 7.99. The van der Waals surface area contributed by atoms with E-state index in [2.05, 4.69) is 20.5 Å². The van der Waals surface area contributed by atoms with Crippen molar-refractivity contribution < 1.29 is 13.9 Å². The third-order valence-corrected chi connectivity index (χ3v) is 5.41. The zero-order valence-electron chi connectivity index (χ0n) is 17.1. The van der Waals surface area contributed by atoms with Crippen LogP contribution in [0.4, 0.5) is 0 Å². The number of amides is 1. The molecule has 0 saturated heterocycles. The number of aromatic nitrogens is 3. The predicted octanol–water partition coefficient (Wildman–Crippen LogP) is 3.96. The number of fused-ring (bicyclic) bond motifs is 1. The van der Waals surface area contributed by atoms with Crippen molar-refractivity contribution in [3.63, 3.8) is 0 Å². The molecule has 158 valence electrons. The number of ether oxygens (including phenoxy) is 1. The van der Waals surface area contributed by atoms with Gasteiger partial charge >= 0.3 is 0 Å². The molecule has 0 bridgehead atoms. The van der Waals surface area contributed by atoms with Crippen molar-refractivity contribution in [3.05, 3.63) is 77.8 Å². The number of carbonyl (C=O) groups excluding carboxylic acids is 1. The molecule has 2 aromatic heterocycles. The predicted molar refractivity (Wildman–Crippen MR) is 119 cm³/mol. The van der Waals surface area contributed by atoms with Gasteiger partial charge in [-0.05, 0) is 37.1 Å². The van der Waals surface area contributed by atoms with Crippen LogP contribution in [0.5, 0.6) is 5.75 Å². The van der Waals surface area contributed by atoms with E-state index < -0.39 is 0 Å². The quantitative estimate of drug-likeness (QED) is 0.399. The summed E-state index contributed by atoms with van der Waals surface area (Å²) in [7, 11) is 0. The van der Waals surface area contributed by atoms with Gasteiger partial charge in [-0.3, -0.25) is 9.78 Å². The molecule has 0 fully saturated rings. The molecule has 0 unspecified atom stereocenters. The van der Waals surface area contributed by atoms with Crippen LogP contribution in [0.3, 0.4) is 0 Å². The van der Waals surface area contributed by atoms with E-state index in [0.717, 1.165) is 27.8 Å². The molecule has 4 rings (SSSR count). The fourth-order valence-corrected chi connectivity index (χ4v) is 3.63. The van der Waals surface area contributed by atoms with E-state index in [-0.39, 0.29) is 18.3 Å². The maximum atomic E-state index is 12.2. The third kappa shape index (κ3) is 5.82. The summed E-state index contributed by atoms with van der Waals surface area (Å²) in [6.45, 7) is 2.73. The SMILES string of the molecule is Cc1ccc(OCc2nnc(SCC(=O)NCCc3cccc4cccnc34)o2)cc1. The van der Waals surface area contributed by atoms with Crippen LogP contribution < -0.4 is 10.1 Å². The van der Waals surface area contributed by atoms with Crippen LogP contribution in [0.1, 0.15) is 17.0 Å². The lowest BCUT2D eigenvalue weighted by molar-refractivity contribution is -0.118. The molecule has 0 aliphatic rings. The number of rotatable bonds is 9. The molecule has 4 aromatic rings. The van der Waals surface area contributed by atoms with Crippen molar-refractivity contribution >= 4 is 28.6 Å². The lowest BCUT2D eigenvalue weighted by Crippen LogP contribution is -2.27. The molecule has 8 heteroatoms. The van der Waals surface area contributed by atoms with Gasteiger partial charge in [0.1, 0.15) is 5.75 Å². The van der Waals surface area contributed by atoms with Crippen molar-refractivity contribution in [1.82, 2.24) is 20.5 Å². The molecule has 0 atom stereocenters. The molecule has 0 radical (unpaired) electrons. The smallest absolute Gasteiger partial charge is 0.277 e. The Bertz CT molecular complexity index is 1160. The second-order valence-corrected chi connectivity index (χ2v) is 7.87. The van der Waals surface area contributed by atoms with Gasteiger partial charge in [-0.25, -0.2) is 0 Å². The molecule has 0 aliphatic carbocycles. The fraction of sp³-hybridized carbons (Fsp3) is 0.217. The van der Waals surface area contributed by atoms with Gasteiger partial charge in [0, 0.05) is 18.1 Å². The summed E-state index contributed by atoms with van der Waals surface area (Å²) in [4.78, 5) is 16.6. The van der Waals surface area contributed by atoms with E-state index in [1.165, 1.54) is 11.8 Å². The van der Waals surface area contributed by atoms with Crippen molar-refractivity contribution in [2.45, 2.75) is 25.2 Å². The topological polar surface area (TPSA) is 90.1 Å². The van der Waals surface area contributed by atoms with E-state index >= 15 is 0 Å². The Hall–Kier alpha value is -3.39. The van der Waals surface area contributed by atoms with E-state index in [9.17, 15) is 4.79 Å². The van der Waals surface area contributed by atoms with Crippen molar-refractivity contribution in [2.24, 2.45) is 0 Å².